The first-order chi connectivity index (χ1) is 8.40. The highest BCUT2D eigenvalue weighted by Gasteiger charge is 2.60. The van der Waals surface area contributed by atoms with Crippen LogP contribution in [0.3, 0.4) is 0 Å². The van der Waals surface area contributed by atoms with E-state index in [-0.39, 0.29) is 0 Å². The van der Waals surface area contributed by atoms with Crippen molar-refractivity contribution in [3.8, 4) is 0 Å². The second-order valence-electron chi connectivity index (χ2n) is 8.76. The highest BCUT2D eigenvalue weighted by atomic mass is 15.1. The summed E-state index contributed by atoms with van der Waals surface area (Å²) in [5, 5.41) is 0. The minimum atomic E-state index is 0.695. The predicted octanol–water partition coefficient (Wildman–Crippen LogP) is 2.91. The normalized spacial score (nSPS) is 50.2. The zero-order valence-corrected chi connectivity index (χ0v) is 12.9. The van der Waals surface area contributed by atoms with E-state index in [1.807, 2.05) is 4.90 Å². The Morgan fingerprint density at radius 3 is 1.89 bits per heavy atom. The second-order valence-corrected chi connectivity index (χ2v) is 8.76. The molecule has 0 amide bonds. The summed E-state index contributed by atoms with van der Waals surface area (Å²) in [6.07, 6.45) is 9.23. The van der Waals surface area contributed by atoms with Gasteiger partial charge in [0.15, 0.2) is 0 Å². The van der Waals surface area contributed by atoms with E-state index in [9.17, 15) is 0 Å². The van der Waals surface area contributed by atoms with Crippen LogP contribution in [-0.4, -0.2) is 19.6 Å². The van der Waals surface area contributed by atoms with E-state index in [0.717, 1.165) is 5.92 Å². The molecule has 104 valence electrons. The van der Waals surface area contributed by atoms with E-state index >= 15 is 0 Å². The summed E-state index contributed by atoms with van der Waals surface area (Å²) >= 11 is 0. The number of rotatable bonds is 4. The summed E-state index contributed by atoms with van der Waals surface area (Å²) in [5.74, 6) is 1.06. The molecule has 0 aromatic carbocycles. The lowest BCUT2D eigenvalue weighted by Crippen LogP contribution is -3.13. The Hall–Kier alpha value is -0.0400. The molecule has 4 aliphatic carbocycles. The van der Waals surface area contributed by atoms with Gasteiger partial charge in [-0.15, -0.1) is 0 Å². The van der Waals surface area contributed by atoms with Crippen LogP contribution in [0, 0.1) is 22.2 Å². The van der Waals surface area contributed by atoms with E-state index in [1.165, 1.54) is 51.7 Å². The number of nitrogens with one attached hydrogen (secondary N) is 1. The fourth-order valence-electron chi connectivity index (χ4n) is 6.91. The van der Waals surface area contributed by atoms with Crippen molar-refractivity contribution in [2.45, 2.75) is 66.2 Å². The molecule has 1 nitrogen and oxygen atoms in total. The third-order valence-corrected chi connectivity index (χ3v) is 6.37. The zero-order valence-electron chi connectivity index (χ0n) is 12.9. The van der Waals surface area contributed by atoms with Gasteiger partial charge in [-0.1, -0.05) is 13.8 Å². The van der Waals surface area contributed by atoms with Crippen molar-refractivity contribution in [1.29, 1.82) is 0 Å². The minimum absolute atomic E-state index is 0.695. The molecule has 18 heavy (non-hydrogen) atoms. The third kappa shape index (κ3) is 2.03. The molecule has 1 heteroatoms. The molecule has 4 fully saturated rings. The molecule has 4 atom stereocenters. The van der Waals surface area contributed by atoms with Crippen LogP contribution in [0.25, 0.3) is 0 Å². The minimum Gasteiger partial charge on any atom is -0.335 e. The molecule has 4 bridgehead atoms. The van der Waals surface area contributed by atoms with Crippen molar-refractivity contribution in [3.05, 3.63) is 0 Å². The Balaban J connectivity index is 1.84. The van der Waals surface area contributed by atoms with Crippen molar-refractivity contribution >= 4 is 0 Å². The van der Waals surface area contributed by atoms with Gasteiger partial charge in [0.05, 0.1) is 19.6 Å². The Kier molecular flexibility index (Phi) is 2.86. The lowest BCUT2D eigenvalue weighted by Gasteiger charge is -2.65. The SMILES string of the molecule is CC[NH+](CC)CC12CC3C[C@@](C)(C1)C[C@](C)(C3)C2. The first kappa shape index (κ1) is 13.0. The van der Waals surface area contributed by atoms with Crippen molar-refractivity contribution in [2.75, 3.05) is 19.6 Å². The monoisotopic (exact) mass is 250 g/mol. The molecule has 0 aliphatic heterocycles. The molecule has 1 N–H and O–H groups in total. The Morgan fingerprint density at radius 2 is 1.44 bits per heavy atom. The van der Waals surface area contributed by atoms with Gasteiger partial charge in [-0.05, 0) is 69.1 Å². The zero-order chi connectivity index (χ0) is 13.0. The summed E-state index contributed by atoms with van der Waals surface area (Å²) in [6, 6.07) is 0. The molecular weight excluding hydrogens is 218 g/mol. The van der Waals surface area contributed by atoms with Gasteiger partial charge in [0, 0.05) is 5.41 Å². The Morgan fingerprint density at radius 1 is 0.889 bits per heavy atom. The van der Waals surface area contributed by atoms with Crippen LogP contribution in [0.1, 0.15) is 66.2 Å². The number of hydrogen-bond donors (Lipinski definition) is 1. The number of hydrogen-bond acceptors (Lipinski definition) is 0. The standard InChI is InChI=1S/C17H31N/c1-5-18(6-2)13-17-9-14-7-15(3,11-17)10-16(4,8-14)12-17/h14H,5-13H2,1-4H3/p+1/t14?,15-,16+,17?. The molecular formula is C17H32N+. The van der Waals surface area contributed by atoms with Gasteiger partial charge in [0.1, 0.15) is 0 Å². The Bertz CT molecular complexity index is 313. The number of quaternary nitrogens is 1. The molecule has 0 spiro atoms. The molecule has 0 aromatic heterocycles. The van der Waals surface area contributed by atoms with E-state index in [4.69, 9.17) is 0 Å². The summed E-state index contributed by atoms with van der Waals surface area (Å²) in [6.45, 7) is 14.0. The van der Waals surface area contributed by atoms with Gasteiger partial charge >= 0.3 is 0 Å². The van der Waals surface area contributed by atoms with Gasteiger partial charge in [-0.2, -0.15) is 0 Å². The molecule has 4 aliphatic rings. The van der Waals surface area contributed by atoms with Crippen LogP contribution in [0.5, 0.6) is 0 Å². The van der Waals surface area contributed by atoms with E-state index < -0.39 is 0 Å². The first-order valence-electron chi connectivity index (χ1n) is 8.24. The smallest absolute Gasteiger partial charge is 0.0828 e. The highest BCUT2D eigenvalue weighted by Crippen LogP contribution is 2.69. The van der Waals surface area contributed by atoms with Gasteiger partial charge in [-0.3, -0.25) is 0 Å². The van der Waals surface area contributed by atoms with Gasteiger partial charge in [-0.25, -0.2) is 0 Å². The Labute approximate surface area is 113 Å². The maximum absolute atomic E-state index is 2.60. The average Bonchev–Trinajstić information content (AvgIpc) is 2.20. The summed E-state index contributed by atoms with van der Waals surface area (Å²) in [7, 11) is 0. The maximum atomic E-state index is 2.60. The van der Waals surface area contributed by atoms with Gasteiger partial charge in [0.2, 0.25) is 0 Å². The lowest BCUT2D eigenvalue weighted by molar-refractivity contribution is -0.904. The summed E-state index contributed by atoms with van der Waals surface area (Å²) in [5.41, 5.74) is 2.10. The van der Waals surface area contributed by atoms with Crippen molar-refractivity contribution in [2.24, 2.45) is 22.2 Å². The average molecular weight is 250 g/mol. The fraction of sp³-hybridized carbons (Fsp3) is 1.00. The predicted molar refractivity (Wildman–Crippen MR) is 76.8 cm³/mol. The summed E-state index contributed by atoms with van der Waals surface area (Å²) < 4.78 is 0. The lowest BCUT2D eigenvalue weighted by atomic mass is 9.40. The van der Waals surface area contributed by atoms with Gasteiger partial charge in [0.25, 0.3) is 0 Å². The molecule has 0 radical (unpaired) electrons. The summed E-state index contributed by atoms with van der Waals surface area (Å²) in [4.78, 5) is 1.84. The third-order valence-electron chi connectivity index (χ3n) is 6.37. The largest absolute Gasteiger partial charge is 0.335 e. The topological polar surface area (TPSA) is 4.44 Å². The van der Waals surface area contributed by atoms with E-state index in [1.54, 1.807) is 6.42 Å². The van der Waals surface area contributed by atoms with Crippen molar-refractivity contribution in [3.63, 3.8) is 0 Å². The van der Waals surface area contributed by atoms with Crippen LogP contribution < -0.4 is 4.90 Å². The molecule has 2 unspecified atom stereocenters. The molecule has 0 heterocycles. The van der Waals surface area contributed by atoms with E-state index in [2.05, 4.69) is 27.7 Å². The van der Waals surface area contributed by atoms with Crippen LogP contribution in [0.2, 0.25) is 0 Å². The molecule has 0 saturated heterocycles. The van der Waals surface area contributed by atoms with Gasteiger partial charge < -0.3 is 4.90 Å². The van der Waals surface area contributed by atoms with Crippen LogP contribution in [0.4, 0.5) is 0 Å². The quantitative estimate of drug-likeness (QED) is 0.782. The molecule has 0 aromatic rings. The first-order valence-corrected chi connectivity index (χ1v) is 8.24. The van der Waals surface area contributed by atoms with Crippen LogP contribution >= 0.6 is 0 Å². The second kappa shape index (κ2) is 3.98. The maximum Gasteiger partial charge on any atom is 0.0828 e. The van der Waals surface area contributed by atoms with Crippen molar-refractivity contribution in [1.82, 2.24) is 0 Å². The van der Waals surface area contributed by atoms with Crippen LogP contribution in [-0.2, 0) is 0 Å². The molecule has 4 rings (SSSR count). The van der Waals surface area contributed by atoms with Crippen LogP contribution in [0.15, 0.2) is 0 Å². The van der Waals surface area contributed by atoms with Crippen molar-refractivity contribution < 1.29 is 4.90 Å². The van der Waals surface area contributed by atoms with E-state index in [0.29, 0.717) is 16.2 Å². The highest BCUT2D eigenvalue weighted by molar-refractivity contribution is 5.10. The molecule has 4 saturated carbocycles. The fourth-order valence-corrected chi connectivity index (χ4v) is 6.91.